The summed E-state index contributed by atoms with van der Waals surface area (Å²) in [6.07, 6.45) is 3.03. The molecule has 11 heteroatoms. The number of H-pyrrole nitrogens is 1. The molecule has 0 unspecified atom stereocenters. The Hall–Kier alpha value is -4.38. The number of halogens is 2. The third-order valence-corrected chi connectivity index (χ3v) is 6.39. The summed E-state index contributed by atoms with van der Waals surface area (Å²) in [6, 6.07) is 10.6. The van der Waals surface area contributed by atoms with Gasteiger partial charge in [0.05, 0.1) is 11.1 Å². The number of carbonyl (C=O) groups is 2. The molecule has 0 aliphatic heterocycles. The number of benzene rings is 2. The first kappa shape index (κ1) is 24.3. The van der Waals surface area contributed by atoms with Crippen LogP contribution in [0.3, 0.4) is 0 Å². The lowest BCUT2D eigenvalue weighted by Gasteiger charge is -2.26. The Kier molecular flexibility index (Phi) is 6.30. The topological polar surface area (TPSA) is 134 Å². The van der Waals surface area contributed by atoms with Crippen LogP contribution >= 0.6 is 0 Å². The second-order valence-corrected chi connectivity index (χ2v) is 8.82. The van der Waals surface area contributed by atoms with Crippen LogP contribution in [0.25, 0.3) is 11.0 Å². The molecule has 0 saturated heterocycles. The van der Waals surface area contributed by atoms with E-state index in [4.69, 9.17) is 15.6 Å². The Morgan fingerprint density at radius 2 is 1.81 bits per heavy atom. The van der Waals surface area contributed by atoms with E-state index in [-0.39, 0.29) is 36.6 Å². The Labute approximate surface area is 209 Å². The van der Waals surface area contributed by atoms with Crippen molar-refractivity contribution in [1.29, 1.82) is 0 Å². The van der Waals surface area contributed by atoms with E-state index in [1.54, 1.807) is 6.07 Å². The zero-order valence-corrected chi connectivity index (χ0v) is 19.6. The quantitative estimate of drug-likeness (QED) is 0.294. The average molecular weight is 507 g/mol. The van der Waals surface area contributed by atoms with Crippen molar-refractivity contribution in [3.8, 4) is 11.5 Å². The van der Waals surface area contributed by atoms with Crippen LogP contribution in [-0.4, -0.2) is 38.7 Å². The summed E-state index contributed by atoms with van der Waals surface area (Å²) >= 11 is 0. The van der Waals surface area contributed by atoms with Gasteiger partial charge in [-0.05, 0) is 68.1 Å². The van der Waals surface area contributed by atoms with Crippen molar-refractivity contribution in [3.63, 3.8) is 0 Å². The number of carbonyl (C=O) groups excluding carboxylic acids is 2. The first-order valence-electron chi connectivity index (χ1n) is 11.6. The molecular formula is C26H23F2N5O4. The number of hydrogen-bond acceptors (Lipinski definition) is 6. The Morgan fingerprint density at radius 1 is 1.08 bits per heavy atom. The fraction of sp³-hybridized carbons (Fsp3) is 0.231. The molecule has 1 aliphatic carbocycles. The predicted molar refractivity (Wildman–Crippen MR) is 130 cm³/mol. The molecule has 2 aromatic heterocycles. The maximum atomic E-state index is 15.4. The van der Waals surface area contributed by atoms with Crippen molar-refractivity contribution in [1.82, 2.24) is 15.2 Å². The predicted octanol–water partition coefficient (Wildman–Crippen LogP) is 3.88. The highest BCUT2D eigenvalue weighted by Gasteiger charge is 2.57. The number of anilines is 2. The van der Waals surface area contributed by atoms with Crippen LogP contribution in [0.15, 0.2) is 54.7 Å². The molecule has 190 valence electrons. The summed E-state index contributed by atoms with van der Waals surface area (Å²) in [7, 11) is 0. The average Bonchev–Trinajstić information content (AvgIpc) is 3.61. The van der Waals surface area contributed by atoms with Crippen LogP contribution in [0.2, 0.25) is 0 Å². The number of amides is 2. The Bertz CT molecular complexity index is 1480. The molecule has 1 fully saturated rings. The molecule has 4 aromatic rings. The maximum absolute atomic E-state index is 15.4. The van der Waals surface area contributed by atoms with Crippen LogP contribution in [0.4, 0.5) is 20.2 Å². The van der Waals surface area contributed by atoms with Crippen molar-refractivity contribution in [2.75, 3.05) is 11.5 Å². The molecule has 0 radical (unpaired) electrons. The Balaban J connectivity index is 1.50. The molecule has 2 heterocycles. The molecule has 0 atom stereocenters. The van der Waals surface area contributed by atoms with Gasteiger partial charge in [-0.1, -0.05) is 0 Å². The number of aromatic amines is 1. The van der Waals surface area contributed by atoms with Crippen molar-refractivity contribution in [3.05, 3.63) is 72.1 Å². The van der Waals surface area contributed by atoms with Gasteiger partial charge >= 0.3 is 0 Å². The number of pyridine rings is 1. The maximum Gasteiger partial charge on any atom is 0.247 e. The fourth-order valence-corrected chi connectivity index (χ4v) is 4.21. The van der Waals surface area contributed by atoms with Crippen LogP contribution in [0, 0.1) is 17.0 Å². The minimum atomic E-state index is -1.38. The van der Waals surface area contributed by atoms with E-state index < -0.39 is 28.9 Å². The number of aliphatic hydroxyl groups is 1. The van der Waals surface area contributed by atoms with E-state index >= 15 is 4.39 Å². The standard InChI is InChI=1S/C26H23F2N5O4/c27-15-3-5-16(6-4-15)33(25(36)26(10-11-26)24(29)35)17-7-8-20(18(28)14-17)37-21-9-12-30-23-22(21)19(31-32-23)2-1-13-34/h3-9,12,14,34H,1-2,10-11,13H2,(H2,29,35)(H,30,31,32). The third kappa shape index (κ3) is 4.49. The highest BCUT2D eigenvalue weighted by Crippen LogP contribution is 2.49. The highest BCUT2D eigenvalue weighted by atomic mass is 19.1. The number of nitrogens with zero attached hydrogens (tertiary/aromatic N) is 3. The lowest BCUT2D eigenvalue weighted by atomic mass is 10.0. The van der Waals surface area contributed by atoms with Crippen molar-refractivity contribution < 1.29 is 28.2 Å². The molecule has 0 bridgehead atoms. The summed E-state index contributed by atoms with van der Waals surface area (Å²) in [5.74, 6) is -2.45. The molecule has 37 heavy (non-hydrogen) atoms. The molecule has 9 nitrogen and oxygen atoms in total. The summed E-state index contributed by atoms with van der Waals surface area (Å²) in [4.78, 5) is 30.8. The second-order valence-electron chi connectivity index (χ2n) is 8.82. The number of aromatic nitrogens is 3. The number of rotatable bonds is 9. The van der Waals surface area contributed by atoms with Gasteiger partial charge in [0.2, 0.25) is 11.8 Å². The van der Waals surface area contributed by atoms with Gasteiger partial charge in [-0.25, -0.2) is 13.8 Å². The largest absolute Gasteiger partial charge is 0.453 e. The Morgan fingerprint density at radius 3 is 2.46 bits per heavy atom. The van der Waals surface area contributed by atoms with Crippen LogP contribution in [-0.2, 0) is 16.0 Å². The van der Waals surface area contributed by atoms with Crippen LogP contribution in [0.5, 0.6) is 11.5 Å². The van der Waals surface area contributed by atoms with Gasteiger partial charge in [-0.15, -0.1) is 0 Å². The van der Waals surface area contributed by atoms with Crippen LogP contribution < -0.4 is 15.4 Å². The van der Waals surface area contributed by atoms with Gasteiger partial charge in [0.15, 0.2) is 17.2 Å². The highest BCUT2D eigenvalue weighted by molar-refractivity contribution is 6.16. The minimum absolute atomic E-state index is 0.00658. The summed E-state index contributed by atoms with van der Waals surface area (Å²) in [5.41, 5.74) is 5.59. The molecular weight excluding hydrogens is 484 g/mol. The lowest BCUT2D eigenvalue weighted by molar-refractivity contribution is -0.133. The number of fused-ring (bicyclic) bond motifs is 1. The fourth-order valence-electron chi connectivity index (χ4n) is 4.21. The van der Waals surface area contributed by atoms with E-state index in [1.807, 2.05) is 0 Å². The molecule has 0 spiro atoms. The van der Waals surface area contributed by atoms with Crippen molar-refractivity contribution >= 4 is 34.2 Å². The first-order valence-corrected chi connectivity index (χ1v) is 11.6. The van der Waals surface area contributed by atoms with Gasteiger partial charge in [0, 0.05) is 30.3 Å². The zero-order chi connectivity index (χ0) is 26.2. The van der Waals surface area contributed by atoms with E-state index in [9.17, 15) is 14.0 Å². The zero-order valence-electron chi connectivity index (χ0n) is 19.6. The SMILES string of the molecule is NC(=O)C1(C(=O)N(c2ccc(F)cc2)c2ccc(Oc3ccnc4n[nH]c(CCCO)c34)c(F)c2)CC1. The molecule has 1 saturated carbocycles. The van der Waals surface area contributed by atoms with E-state index in [1.165, 1.54) is 42.6 Å². The van der Waals surface area contributed by atoms with Gasteiger partial charge in [-0.3, -0.25) is 19.6 Å². The number of nitrogens with one attached hydrogen (secondary N) is 1. The molecule has 4 N–H and O–H groups in total. The number of primary amides is 1. The number of aliphatic hydroxyl groups excluding tert-OH is 1. The normalized spacial score (nSPS) is 13.9. The summed E-state index contributed by atoms with van der Waals surface area (Å²) in [5, 5.41) is 16.7. The number of hydrogen-bond donors (Lipinski definition) is 3. The van der Waals surface area contributed by atoms with Crippen LogP contribution in [0.1, 0.15) is 25.0 Å². The third-order valence-electron chi connectivity index (χ3n) is 6.39. The molecule has 2 amide bonds. The van der Waals surface area contributed by atoms with Gasteiger partial charge < -0.3 is 15.6 Å². The van der Waals surface area contributed by atoms with Gasteiger partial charge in [-0.2, -0.15) is 5.10 Å². The summed E-state index contributed by atoms with van der Waals surface area (Å²) in [6.45, 7) is -0.00658. The number of ether oxygens (including phenoxy) is 1. The van der Waals surface area contributed by atoms with E-state index in [0.717, 1.165) is 11.0 Å². The van der Waals surface area contributed by atoms with Crippen molar-refractivity contribution in [2.45, 2.75) is 25.7 Å². The first-order chi connectivity index (χ1) is 17.8. The van der Waals surface area contributed by atoms with Gasteiger partial charge in [0.1, 0.15) is 17.0 Å². The molecule has 1 aliphatic rings. The van der Waals surface area contributed by atoms with E-state index in [2.05, 4.69) is 15.2 Å². The molecule has 5 rings (SSSR count). The number of aryl methyl sites for hydroxylation is 1. The molecule has 2 aromatic carbocycles. The monoisotopic (exact) mass is 507 g/mol. The minimum Gasteiger partial charge on any atom is -0.453 e. The van der Waals surface area contributed by atoms with Gasteiger partial charge in [0.25, 0.3) is 0 Å². The van der Waals surface area contributed by atoms with Crippen molar-refractivity contribution in [2.24, 2.45) is 11.1 Å². The second kappa shape index (κ2) is 9.58. The number of nitrogens with two attached hydrogens (primary N) is 1. The lowest BCUT2D eigenvalue weighted by Crippen LogP contribution is -2.41. The smallest absolute Gasteiger partial charge is 0.247 e. The summed E-state index contributed by atoms with van der Waals surface area (Å²) < 4.78 is 34.8. The van der Waals surface area contributed by atoms with E-state index in [0.29, 0.717) is 35.3 Å².